The Bertz CT molecular complexity index is 1060. The number of methoxy groups -OCH3 is 1. The van der Waals surface area contributed by atoms with Crippen molar-refractivity contribution in [3.05, 3.63) is 58.9 Å². The van der Waals surface area contributed by atoms with E-state index in [2.05, 4.69) is 0 Å². The molecule has 2 fully saturated rings. The molecule has 2 aromatic carbocycles. The summed E-state index contributed by atoms with van der Waals surface area (Å²) >= 11 is 6.22. The largest absolute Gasteiger partial charge is 0.495 e. The molecule has 2 aliphatic rings. The molecular weight excluding hydrogens is 419 g/mol. The van der Waals surface area contributed by atoms with Crippen molar-refractivity contribution in [2.45, 2.75) is 18.6 Å². The second-order valence-electron chi connectivity index (χ2n) is 7.29. The van der Waals surface area contributed by atoms with Gasteiger partial charge in [-0.1, -0.05) is 29.8 Å². The number of ether oxygens (including phenoxy) is 1. The maximum Gasteiger partial charge on any atom is 0.241 e. The normalized spacial score (nSPS) is 23.8. The summed E-state index contributed by atoms with van der Waals surface area (Å²) in [4.78, 5) is 16.3. The van der Waals surface area contributed by atoms with Crippen molar-refractivity contribution in [1.29, 1.82) is 0 Å². The van der Waals surface area contributed by atoms with Gasteiger partial charge >= 0.3 is 0 Å². The van der Waals surface area contributed by atoms with E-state index in [1.165, 1.54) is 18.1 Å². The summed E-state index contributed by atoms with van der Waals surface area (Å²) in [6.45, 7) is 0.168. The number of carbonyl (C=O) groups is 1. The Labute approximate surface area is 173 Å². The third-order valence-corrected chi connectivity index (χ3v) is 7.44. The van der Waals surface area contributed by atoms with Crippen LogP contribution in [-0.2, 0) is 21.2 Å². The summed E-state index contributed by atoms with van der Waals surface area (Å²) in [6.07, 6.45) is 0. The van der Waals surface area contributed by atoms with Gasteiger partial charge in [0.1, 0.15) is 11.6 Å². The van der Waals surface area contributed by atoms with E-state index < -0.39 is 21.9 Å². The quantitative estimate of drug-likeness (QED) is 0.733. The maximum absolute atomic E-state index is 14.1. The minimum atomic E-state index is -3.34. The third kappa shape index (κ3) is 3.84. The van der Waals surface area contributed by atoms with Crippen molar-refractivity contribution in [2.24, 2.45) is 0 Å². The second-order valence-corrected chi connectivity index (χ2v) is 9.85. The van der Waals surface area contributed by atoms with Gasteiger partial charge < -0.3 is 9.64 Å². The zero-order valence-electron chi connectivity index (χ0n) is 15.7. The van der Waals surface area contributed by atoms with E-state index in [0.717, 1.165) is 0 Å². The number of halogens is 2. The summed E-state index contributed by atoms with van der Waals surface area (Å²) < 4.78 is 44.1. The van der Waals surface area contributed by atoms with Crippen LogP contribution in [0.1, 0.15) is 5.56 Å². The molecule has 0 aromatic heterocycles. The summed E-state index contributed by atoms with van der Waals surface area (Å²) in [7, 11) is -1.85. The molecule has 0 N–H and O–H groups in total. The molecule has 9 heteroatoms. The molecule has 0 saturated carbocycles. The molecule has 0 unspecified atom stereocenters. The number of sulfone groups is 1. The highest BCUT2D eigenvalue weighted by Gasteiger charge is 2.49. The summed E-state index contributed by atoms with van der Waals surface area (Å²) in [5.74, 6) is -0.361. The maximum atomic E-state index is 14.1. The fourth-order valence-corrected chi connectivity index (χ4v) is 6.35. The first-order chi connectivity index (χ1) is 13.8. The first kappa shape index (κ1) is 20.1. The highest BCUT2D eigenvalue weighted by molar-refractivity contribution is 7.91. The van der Waals surface area contributed by atoms with Crippen LogP contribution in [0.5, 0.6) is 5.75 Å². The van der Waals surface area contributed by atoms with Gasteiger partial charge in [0.2, 0.25) is 5.91 Å². The number of hydrogen-bond acceptors (Lipinski definition) is 5. The molecule has 4 rings (SSSR count). The molecule has 0 aliphatic carbocycles. The predicted molar refractivity (Wildman–Crippen MR) is 109 cm³/mol. The molecule has 6 nitrogen and oxygen atoms in total. The molecule has 29 heavy (non-hydrogen) atoms. The number of piperazine rings is 1. The van der Waals surface area contributed by atoms with Crippen molar-refractivity contribution in [1.82, 2.24) is 4.90 Å². The fourth-order valence-electron chi connectivity index (χ4n) is 4.12. The number of benzene rings is 2. The van der Waals surface area contributed by atoms with Crippen molar-refractivity contribution in [2.75, 3.05) is 30.1 Å². The van der Waals surface area contributed by atoms with Gasteiger partial charge in [-0.25, -0.2) is 12.8 Å². The van der Waals surface area contributed by atoms with E-state index in [9.17, 15) is 17.6 Å². The van der Waals surface area contributed by atoms with Crippen molar-refractivity contribution in [3.8, 4) is 5.75 Å². The van der Waals surface area contributed by atoms with E-state index in [4.69, 9.17) is 16.3 Å². The molecular formula is C20H20ClFN2O4S. The first-order valence-electron chi connectivity index (χ1n) is 9.12. The molecule has 2 aliphatic heterocycles. The fraction of sp³-hybridized carbons (Fsp3) is 0.350. The van der Waals surface area contributed by atoms with Crippen LogP contribution in [-0.4, -0.2) is 56.5 Å². The summed E-state index contributed by atoms with van der Waals surface area (Å²) in [6, 6.07) is 10.3. The van der Waals surface area contributed by atoms with E-state index in [0.29, 0.717) is 22.0 Å². The van der Waals surface area contributed by atoms with Gasteiger partial charge in [-0.05, 0) is 24.3 Å². The Kier molecular flexibility index (Phi) is 5.27. The average molecular weight is 439 g/mol. The molecule has 0 spiro atoms. The number of amides is 1. The van der Waals surface area contributed by atoms with Crippen molar-refractivity contribution >= 4 is 33.0 Å². The van der Waals surface area contributed by atoms with E-state index in [-0.39, 0.29) is 36.3 Å². The molecule has 0 radical (unpaired) electrons. The van der Waals surface area contributed by atoms with Gasteiger partial charge in [0, 0.05) is 23.8 Å². The molecule has 2 aromatic rings. The predicted octanol–water partition coefficient (Wildman–Crippen LogP) is 2.50. The SMILES string of the molecule is COc1ccc(N2C(=O)CN(Cc3ccccc3F)[C@H]3CS(=O)(=O)C[C@@H]32)cc1Cl. The lowest BCUT2D eigenvalue weighted by Gasteiger charge is -2.43. The van der Waals surface area contributed by atoms with Crippen LogP contribution in [0, 0.1) is 5.82 Å². The summed E-state index contributed by atoms with van der Waals surface area (Å²) in [5, 5.41) is 0.337. The van der Waals surface area contributed by atoms with Crippen LogP contribution >= 0.6 is 11.6 Å². The highest BCUT2D eigenvalue weighted by Crippen LogP contribution is 2.36. The van der Waals surface area contributed by atoms with Crippen LogP contribution in [0.2, 0.25) is 5.02 Å². The van der Waals surface area contributed by atoms with Gasteiger partial charge in [-0.2, -0.15) is 0 Å². The van der Waals surface area contributed by atoms with E-state index in [1.807, 2.05) is 0 Å². The minimum absolute atomic E-state index is 0.00529. The zero-order valence-corrected chi connectivity index (χ0v) is 17.3. The Morgan fingerprint density at radius 1 is 1.17 bits per heavy atom. The number of fused-ring (bicyclic) bond motifs is 1. The molecule has 1 amide bonds. The summed E-state index contributed by atoms with van der Waals surface area (Å²) in [5.41, 5.74) is 0.961. The van der Waals surface area contributed by atoms with E-state index in [1.54, 1.807) is 41.3 Å². The Balaban J connectivity index is 1.68. The molecule has 2 saturated heterocycles. The first-order valence-corrected chi connectivity index (χ1v) is 11.3. The van der Waals surface area contributed by atoms with Crippen LogP contribution in [0.4, 0.5) is 10.1 Å². The Morgan fingerprint density at radius 2 is 1.90 bits per heavy atom. The smallest absolute Gasteiger partial charge is 0.241 e. The van der Waals surface area contributed by atoms with Crippen LogP contribution < -0.4 is 9.64 Å². The molecule has 2 atom stereocenters. The third-order valence-electron chi connectivity index (χ3n) is 5.45. The number of anilines is 1. The zero-order chi connectivity index (χ0) is 20.8. The van der Waals surface area contributed by atoms with Gasteiger partial charge in [-0.3, -0.25) is 9.69 Å². The standard InChI is InChI=1S/C20H20ClFN2O4S/c1-28-19-7-6-14(8-15(19)21)24-18-12-29(26,27)11-17(18)23(10-20(24)25)9-13-4-2-3-5-16(13)22/h2-8,17-18H,9-12H2,1H3/t17-,18-/m0/s1. The second kappa shape index (κ2) is 7.59. The van der Waals surface area contributed by atoms with Gasteiger partial charge in [0.25, 0.3) is 0 Å². The van der Waals surface area contributed by atoms with Crippen molar-refractivity contribution in [3.63, 3.8) is 0 Å². The van der Waals surface area contributed by atoms with Crippen LogP contribution in [0.25, 0.3) is 0 Å². The monoisotopic (exact) mass is 438 g/mol. The number of hydrogen-bond donors (Lipinski definition) is 0. The van der Waals surface area contributed by atoms with E-state index >= 15 is 0 Å². The number of carbonyl (C=O) groups excluding carboxylic acids is 1. The van der Waals surface area contributed by atoms with Crippen LogP contribution in [0.3, 0.4) is 0 Å². The lowest BCUT2D eigenvalue weighted by Crippen LogP contribution is -2.61. The molecule has 154 valence electrons. The van der Waals surface area contributed by atoms with Gasteiger partial charge in [0.15, 0.2) is 9.84 Å². The number of nitrogens with zero attached hydrogens (tertiary/aromatic N) is 2. The van der Waals surface area contributed by atoms with Gasteiger partial charge in [-0.15, -0.1) is 0 Å². The highest BCUT2D eigenvalue weighted by atomic mass is 35.5. The topological polar surface area (TPSA) is 66.9 Å². The van der Waals surface area contributed by atoms with Gasteiger partial charge in [0.05, 0.1) is 36.2 Å². The number of rotatable bonds is 4. The Hall–Kier alpha value is -2.16. The lowest BCUT2D eigenvalue weighted by atomic mass is 10.0. The molecule has 0 bridgehead atoms. The average Bonchev–Trinajstić information content (AvgIpc) is 2.98. The van der Waals surface area contributed by atoms with Crippen LogP contribution in [0.15, 0.2) is 42.5 Å². The minimum Gasteiger partial charge on any atom is -0.495 e. The van der Waals surface area contributed by atoms with Crippen molar-refractivity contribution < 1.29 is 22.3 Å². The lowest BCUT2D eigenvalue weighted by molar-refractivity contribution is -0.123. The molecule has 2 heterocycles. The Morgan fingerprint density at radius 3 is 2.59 bits per heavy atom.